The van der Waals surface area contributed by atoms with Crippen molar-refractivity contribution in [3.8, 4) is 0 Å². The molecule has 7 atom stereocenters. The SMILES string of the molecule is O=P(O)(OC[C@@H](O)[C@@H](O)[C@@H](O)CO)OC[C@H](O)[C@H](O)[C@H](O)CO. The van der Waals surface area contributed by atoms with E-state index in [2.05, 4.69) is 9.05 Å². The molecule has 0 bridgehead atoms. The molecule has 0 aromatic rings. The van der Waals surface area contributed by atoms with Crippen molar-refractivity contribution in [1.29, 1.82) is 0 Å². The fourth-order valence-electron chi connectivity index (χ4n) is 1.30. The van der Waals surface area contributed by atoms with Crippen LogP contribution < -0.4 is 0 Å². The first-order valence-corrected chi connectivity index (χ1v) is 7.97. The number of rotatable bonds is 12. The van der Waals surface area contributed by atoms with Gasteiger partial charge in [0.15, 0.2) is 0 Å². The van der Waals surface area contributed by atoms with Crippen LogP contribution in [0.4, 0.5) is 0 Å². The molecule has 13 heteroatoms. The number of hydrogen-bond acceptors (Lipinski definition) is 11. The Labute approximate surface area is 131 Å². The Morgan fingerprint density at radius 3 is 1.26 bits per heavy atom. The van der Waals surface area contributed by atoms with Crippen molar-refractivity contribution in [2.45, 2.75) is 36.6 Å². The molecule has 9 N–H and O–H groups in total. The highest BCUT2D eigenvalue weighted by Gasteiger charge is 2.31. The van der Waals surface area contributed by atoms with Gasteiger partial charge in [-0.1, -0.05) is 0 Å². The van der Waals surface area contributed by atoms with Crippen molar-refractivity contribution in [2.24, 2.45) is 0 Å². The van der Waals surface area contributed by atoms with Gasteiger partial charge in [-0.3, -0.25) is 9.05 Å². The molecule has 0 rings (SSSR count). The maximum Gasteiger partial charge on any atom is 0.472 e. The minimum absolute atomic E-state index is 0.858. The van der Waals surface area contributed by atoms with Crippen LogP contribution in [0, 0.1) is 0 Å². The molecular weight excluding hydrogens is 343 g/mol. The molecule has 0 saturated heterocycles. The predicted molar refractivity (Wildman–Crippen MR) is 71.9 cm³/mol. The molecule has 23 heavy (non-hydrogen) atoms. The van der Waals surface area contributed by atoms with E-state index in [1.165, 1.54) is 0 Å². The Morgan fingerprint density at radius 2 is 1.00 bits per heavy atom. The van der Waals surface area contributed by atoms with Crippen LogP contribution in [0.2, 0.25) is 0 Å². The maximum atomic E-state index is 11.4. The standard InChI is InChI=1S/C10H23O12P/c11-1-5(13)9(17)7(15)3-21-23(19,20)22-4-8(16)10(18)6(14)2-12/h5-18H,1-4H2,(H,19,20)/t5-,6+,7+,8-,9-,10+. The zero-order chi connectivity index (χ0) is 18.2. The van der Waals surface area contributed by atoms with Crippen molar-refractivity contribution in [1.82, 2.24) is 0 Å². The number of hydrogen-bond donors (Lipinski definition) is 9. The molecule has 0 aliphatic carbocycles. The summed E-state index contributed by atoms with van der Waals surface area (Å²) < 4.78 is 20.1. The van der Waals surface area contributed by atoms with Crippen LogP contribution in [0.25, 0.3) is 0 Å². The smallest absolute Gasteiger partial charge is 0.394 e. The lowest BCUT2D eigenvalue weighted by Crippen LogP contribution is -2.42. The summed E-state index contributed by atoms with van der Waals surface area (Å²) in [6, 6.07) is 0. The summed E-state index contributed by atoms with van der Waals surface area (Å²) in [5, 5.41) is 72.5. The van der Waals surface area contributed by atoms with E-state index in [4.69, 9.17) is 20.4 Å². The first kappa shape index (κ1) is 22.8. The van der Waals surface area contributed by atoms with E-state index in [9.17, 15) is 29.9 Å². The third kappa shape index (κ3) is 8.44. The topological polar surface area (TPSA) is 218 Å². The Hall–Kier alpha value is -0.210. The second-order valence-corrected chi connectivity index (χ2v) is 6.13. The summed E-state index contributed by atoms with van der Waals surface area (Å²) in [4.78, 5) is 9.27. The van der Waals surface area contributed by atoms with E-state index in [1.807, 2.05) is 0 Å². The maximum absolute atomic E-state index is 11.4. The molecule has 0 amide bonds. The molecule has 1 unspecified atom stereocenters. The number of phosphoric acid groups is 1. The third-order valence-corrected chi connectivity index (χ3v) is 3.72. The second kappa shape index (κ2) is 10.6. The van der Waals surface area contributed by atoms with Gasteiger partial charge in [-0.25, -0.2) is 4.57 Å². The molecule has 0 aromatic carbocycles. The summed E-state index contributed by atoms with van der Waals surface area (Å²) in [5.74, 6) is 0. The molecule has 0 saturated carbocycles. The normalized spacial score (nSPS) is 22.7. The highest BCUT2D eigenvalue weighted by atomic mass is 31.2. The van der Waals surface area contributed by atoms with E-state index in [-0.39, 0.29) is 0 Å². The first-order chi connectivity index (χ1) is 10.6. The van der Waals surface area contributed by atoms with Gasteiger partial charge in [0.2, 0.25) is 0 Å². The molecule has 0 spiro atoms. The van der Waals surface area contributed by atoms with Crippen LogP contribution in [0.1, 0.15) is 0 Å². The van der Waals surface area contributed by atoms with E-state index in [0.29, 0.717) is 0 Å². The zero-order valence-corrected chi connectivity index (χ0v) is 12.9. The number of aliphatic hydroxyl groups is 8. The average molecular weight is 366 g/mol. The lowest BCUT2D eigenvalue weighted by molar-refractivity contribution is -0.0965. The van der Waals surface area contributed by atoms with Crippen LogP contribution in [0.3, 0.4) is 0 Å². The Balaban J connectivity index is 4.31. The summed E-state index contributed by atoms with van der Waals surface area (Å²) in [7, 11) is -4.79. The summed E-state index contributed by atoms with van der Waals surface area (Å²) in [5.41, 5.74) is 0. The van der Waals surface area contributed by atoms with Gasteiger partial charge in [0.1, 0.15) is 36.6 Å². The summed E-state index contributed by atoms with van der Waals surface area (Å²) in [6.45, 7) is -3.60. The molecule has 0 aromatic heterocycles. The van der Waals surface area contributed by atoms with Crippen molar-refractivity contribution in [3.63, 3.8) is 0 Å². The molecule has 140 valence electrons. The fourth-order valence-corrected chi connectivity index (χ4v) is 2.06. The van der Waals surface area contributed by atoms with Crippen molar-refractivity contribution in [2.75, 3.05) is 26.4 Å². The first-order valence-electron chi connectivity index (χ1n) is 6.47. The van der Waals surface area contributed by atoms with E-state index >= 15 is 0 Å². The van der Waals surface area contributed by atoms with Crippen molar-refractivity contribution < 1.29 is 59.4 Å². The van der Waals surface area contributed by atoms with Gasteiger partial charge in [-0.15, -0.1) is 0 Å². The lowest BCUT2D eigenvalue weighted by atomic mass is 10.1. The molecule has 0 radical (unpaired) electrons. The molecular formula is C10H23O12P. The lowest BCUT2D eigenvalue weighted by Gasteiger charge is -2.24. The van der Waals surface area contributed by atoms with Gasteiger partial charge in [-0.2, -0.15) is 0 Å². The van der Waals surface area contributed by atoms with Crippen molar-refractivity contribution in [3.05, 3.63) is 0 Å². The molecule has 12 nitrogen and oxygen atoms in total. The van der Waals surface area contributed by atoms with E-state index in [1.54, 1.807) is 0 Å². The summed E-state index contributed by atoms with van der Waals surface area (Å²) in [6.07, 6.45) is -10.7. The highest BCUT2D eigenvalue weighted by Crippen LogP contribution is 2.43. The second-order valence-electron chi connectivity index (χ2n) is 4.68. The Kier molecular flexibility index (Phi) is 10.5. The van der Waals surface area contributed by atoms with Gasteiger partial charge in [0, 0.05) is 0 Å². The minimum Gasteiger partial charge on any atom is -0.394 e. The number of aliphatic hydroxyl groups excluding tert-OH is 8. The van der Waals surface area contributed by atoms with Crippen molar-refractivity contribution >= 4 is 7.82 Å². The van der Waals surface area contributed by atoms with Crippen LogP contribution in [0.15, 0.2) is 0 Å². The molecule has 0 heterocycles. The minimum atomic E-state index is -4.79. The van der Waals surface area contributed by atoms with Crippen LogP contribution in [-0.2, 0) is 13.6 Å². The monoisotopic (exact) mass is 366 g/mol. The zero-order valence-electron chi connectivity index (χ0n) is 12.0. The average Bonchev–Trinajstić information content (AvgIpc) is 2.54. The Bertz CT molecular complexity index is 338. The van der Waals surface area contributed by atoms with Gasteiger partial charge in [-0.05, 0) is 0 Å². The quantitative estimate of drug-likeness (QED) is 0.149. The fraction of sp³-hybridized carbons (Fsp3) is 1.00. The largest absolute Gasteiger partial charge is 0.472 e. The highest BCUT2D eigenvalue weighted by molar-refractivity contribution is 7.47. The van der Waals surface area contributed by atoms with E-state index < -0.39 is 70.9 Å². The van der Waals surface area contributed by atoms with E-state index in [0.717, 1.165) is 0 Å². The number of phosphoric ester groups is 1. The molecule has 0 aliphatic rings. The van der Waals surface area contributed by atoms with Gasteiger partial charge in [0.25, 0.3) is 0 Å². The van der Waals surface area contributed by atoms with Crippen LogP contribution in [-0.4, -0.2) is 109 Å². The van der Waals surface area contributed by atoms with Crippen LogP contribution in [0.5, 0.6) is 0 Å². The van der Waals surface area contributed by atoms with Gasteiger partial charge in [0.05, 0.1) is 26.4 Å². The summed E-state index contributed by atoms with van der Waals surface area (Å²) >= 11 is 0. The Morgan fingerprint density at radius 1 is 0.696 bits per heavy atom. The molecule has 0 aliphatic heterocycles. The predicted octanol–water partition coefficient (Wildman–Crippen LogP) is -4.73. The van der Waals surface area contributed by atoms with Gasteiger partial charge < -0.3 is 45.7 Å². The third-order valence-electron chi connectivity index (χ3n) is 2.77. The molecule has 0 fully saturated rings. The van der Waals surface area contributed by atoms with Gasteiger partial charge >= 0.3 is 7.82 Å². The van der Waals surface area contributed by atoms with Crippen LogP contribution >= 0.6 is 7.82 Å².